The number of benzene rings is 1. The minimum Gasteiger partial charge on any atom is -0.515 e. The molecular formula is C42H57N3O2. The van der Waals surface area contributed by atoms with Gasteiger partial charge in [0.1, 0.15) is 5.76 Å². The van der Waals surface area contributed by atoms with Crippen LogP contribution in [-0.4, -0.2) is 29.0 Å². The molecule has 0 heterocycles. The molecule has 0 radical (unpaired) electrons. The van der Waals surface area contributed by atoms with E-state index in [-0.39, 0.29) is 17.4 Å². The molecule has 0 amide bonds. The molecule has 5 heteroatoms. The standard InChI is InChI=1S/C42H57N3O2/c1-41(2,3)25-8-7-10-31(29-46)28-45-37-23-17-34(18-24-37)40(32-13-19-35(43)20-14-32)33-15-21-36(22-16-33)44-27-30-11-9-12-38(39(47)26-30)42(4,5)6/h7,9-13,15-17,19-23,26-27,29-30,32,34,37,40,45-47H,8,14,18,24-25,28,43H2,1-6H3/b10-7-,31-29-,44-27+. The average molecular weight is 636 g/mol. The first kappa shape index (κ1) is 36.0. The molecule has 3 aliphatic carbocycles. The Morgan fingerprint density at radius 1 is 1.02 bits per heavy atom. The first-order chi connectivity index (χ1) is 22.3. The Morgan fingerprint density at radius 2 is 1.79 bits per heavy atom. The second-order valence-corrected chi connectivity index (χ2v) is 15.5. The largest absolute Gasteiger partial charge is 0.515 e. The molecule has 0 saturated heterocycles. The molecule has 5 unspecified atom stereocenters. The van der Waals surface area contributed by atoms with Crippen LogP contribution in [0.4, 0.5) is 5.69 Å². The Balaban J connectivity index is 1.42. The lowest BCUT2D eigenvalue weighted by atomic mass is 9.71. The lowest BCUT2D eigenvalue weighted by Crippen LogP contribution is -2.33. The van der Waals surface area contributed by atoms with Crippen molar-refractivity contribution in [2.75, 3.05) is 6.54 Å². The number of nitrogens with two attached hydrogens (primary N) is 1. The maximum atomic E-state index is 10.7. The van der Waals surface area contributed by atoms with Crippen molar-refractivity contribution < 1.29 is 10.2 Å². The molecular weight excluding hydrogens is 578 g/mol. The van der Waals surface area contributed by atoms with Gasteiger partial charge >= 0.3 is 0 Å². The van der Waals surface area contributed by atoms with Crippen LogP contribution in [0.3, 0.4) is 0 Å². The molecule has 0 aromatic heterocycles. The molecule has 4 rings (SSSR count). The smallest absolute Gasteiger partial charge is 0.116 e. The summed E-state index contributed by atoms with van der Waals surface area (Å²) >= 11 is 0. The Morgan fingerprint density at radius 3 is 2.40 bits per heavy atom. The van der Waals surface area contributed by atoms with Gasteiger partial charge < -0.3 is 21.3 Å². The third-order valence-corrected chi connectivity index (χ3v) is 9.32. The first-order valence-electron chi connectivity index (χ1n) is 17.3. The van der Waals surface area contributed by atoms with E-state index < -0.39 is 0 Å². The molecule has 1 aromatic rings. The lowest BCUT2D eigenvalue weighted by Gasteiger charge is -2.35. The molecule has 252 valence electrons. The van der Waals surface area contributed by atoms with E-state index in [2.05, 4.69) is 114 Å². The van der Waals surface area contributed by atoms with E-state index in [9.17, 15) is 10.2 Å². The molecule has 5 nitrogen and oxygen atoms in total. The number of aliphatic imine (C=N–C) groups is 1. The number of allylic oxidation sites excluding steroid dienone is 10. The van der Waals surface area contributed by atoms with Gasteiger partial charge in [-0.1, -0.05) is 108 Å². The Kier molecular flexibility index (Phi) is 12.5. The summed E-state index contributed by atoms with van der Waals surface area (Å²) in [5.74, 6) is 1.34. The second-order valence-electron chi connectivity index (χ2n) is 15.5. The van der Waals surface area contributed by atoms with Crippen LogP contribution < -0.4 is 11.1 Å². The van der Waals surface area contributed by atoms with E-state index in [1.165, 1.54) is 11.8 Å². The number of nitrogens with one attached hydrogen (secondary N) is 1. The van der Waals surface area contributed by atoms with Crippen molar-refractivity contribution in [2.24, 2.45) is 39.3 Å². The molecule has 47 heavy (non-hydrogen) atoms. The summed E-state index contributed by atoms with van der Waals surface area (Å²) in [6.45, 7) is 13.7. The maximum Gasteiger partial charge on any atom is 0.116 e. The second kappa shape index (κ2) is 16.3. The summed E-state index contributed by atoms with van der Waals surface area (Å²) in [5, 5.41) is 24.1. The van der Waals surface area contributed by atoms with Gasteiger partial charge in [0.25, 0.3) is 0 Å². The van der Waals surface area contributed by atoms with Gasteiger partial charge in [-0.25, -0.2) is 0 Å². The number of nitrogens with zero attached hydrogens (tertiary/aromatic N) is 1. The molecule has 5 N–H and O–H groups in total. The highest BCUT2D eigenvalue weighted by atomic mass is 16.3. The van der Waals surface area contributed by atoms with Crippen LogP contribution in [0.15, 0.2) is 125 Å². The molecule has 0 bridgehead atoms. The summed E-state index contributed by atoms with van der Waals surface area (Å²) < 4.78 is 0. The van der Waals surface area contributed by atoms with Crippen LogP contribution in [0.25, 0.3) is 0 Å². The SMILES string of the molecule is CC(C)(C)CC/C=C\C(=C\O)CNC1C=CC(C(c2ccc(/N=C/C3C=CC=C(C(C)(C)C)C(O)=C3)cc2)C2C=CC(N)=CC2)CC1. The summed E-state index contributed by atoms with van der Waals surface area (Å²) in [4.78, 5) is 4.77. The number of hydrogen-bond acceptors (Lipinski definition) is 5. The summed E-state index contributed by atoms with van der Waals surface area (Å²) in [6.07, 6.45) is 31.6. The Bertz CT molecular complexity index is 1470. The zero-order chi connectivity index (χ0) is 34.0. The third kappa shape index (κ3) is 11.1. The molecule has 3 aliphatic rings. The van der Waals surface area contributed by atoms with E-state index in [0.29, 0.717) is 35.5 Å². The molecule has 0 fully saturated rings. The maximum absolute atomic E-state index is 10.7. The van der Waals surface area contributed by atoms with Gasteiger partial charge in [-0.15, -0.1) is 0 Å². The highest BCUT2D eigenvalue weighted by molar-refractivity contribution is 5.71. The third-order valence-electron chi connectivity index (χ3n) is 9.32. The molecule has 0 saturated carbocycles. The van der Waals surface area contributed by atoms with E-state index in [1.54, 1.807) is 0 Å². The van der Waals surface area contributed by atoms with Crippen LogP contribution in [0.5, 0.6) is 0 Å². The van der Waals surface area contributed by atoms with Gasteiger partial charge in [0.05, 0.1) is 11.9 Å². The van der Waals surface area contributed by atoms with E-state index in [1.807, 2.05) is 30.5 Å². The average Bonchev–Trinajstić information content (AvgIpc) is 3.22. The minimum absolute atomic E-state index is 0.0782. The zero-order valence-electron chi connectivity index (χ0n) is 29.4. The fourth-order valence-electron chi connectivity index (χ4n) is 6.56. The highest BCUT2D eigenvalue weighted by Gasteiger charge is 2.31. The van der Waals surface area contributed by atoms with Crippen molar-refractivity contribution >= 4 is 11.9 Å². The van der Waals surface area contributed by atoms with Crippen LogP contribution in [-0.2, 0) is 0 Å². The fraction of sp³-hybridized carbons (Fsp3) is 0.452. The normalized spacial score (nSPS) is 24.7. The highest BCUT2D eigenvalue weighted by Crippen LogP contribution is 2.42. The van der Waals surface area contributed by atoms with Crippen molar-refractivity contribution in [1.82, 2.24) is 5.32 Å². The van der Waals surface area contributed by atoms with Crippen molar-refractivity contribution in [3.8, 4) is 0 Å². The molecule has 1 aromatic carbocycles. The number of hydrogen-bond donors (Lipinski definition) is 4. The minimum atomic E-state index is -0.132. The first-order valence-corrected chi connectivity index (χ1v) is 17.3. The van der Waals surface area contributed by atoms with Crippen molar-refractivity contribution in [1.29, 1.82) is 0 Å². The molecule has 5 atom stereocenters. The molecule has 0 spiro atoms. The predicted octanol–water partition coefficient (Wildman–Crippen LogP) is 10.2. The quantitative estimate of drug-likeness (QED) is 0.0843. The number of aliphatic hydroxyl groups excluding tert-OH is 2. The summed E-state index contributed by atoms with van der Waals surface area (Å²) in [5.41, 5.74) is 11.2. The Labute approximate surface area is 283 Å². The van der Waals surface area contributed by atoms with Crippen LogP contribution in [0.1, 0.15) is 85.1 Å². The number of rotatable bonds is 11. The van der Waals surface area contributed by atoms with Crippen LogP contribution in [0, 0.1) is 28.6 Å². The Hall–Kier alpha value is -3.83. The van der Waals surface area contributed by atoms with Crippen LogP contribution >= 0.6 is 0 Å². The lowest BCUT2D eigenvalue weighted by molar-refractivity contribution is 0.351. The van der Waals surface area contributed by atoms with Gasteiger partial charge in [-0.2, -0.15) is 0 Å². The number of aliphatic hydroxyl groups is 2. The fourth-order valence-corrected chi connectivity index (χ4v) is 6.56. The predicted molar refractivity (Wildman–Crippen MR) is 200 cm³/mol. The zero-order valence-corrected chi connectivity index (χ0v) is 29.4. The van der Waals surface area contributed by atoms with Gasteiger partial charge in [-0.3, -0.25) is 4.99 Å². The van der Waals surface area contributed by atoms with Gasteiger partial charge in [-0.05, 0) is 102 Å². The van der Waals surface area contributed by atoms with Crippen molar-refractivity contribution in [2.45, 2.75) is 85.6 Å². The topological polar surface area (TPSA) is 90.9 Å². The van der Waals surface area contributed by atoms with Gasteiger partial charge in [0, 0.05) is 30.4 Å². The molecule has 0 aliphatic heterocycles. The van der Waals surface area contributed by atoms with Gasteiger partial charge in [0.15, 0.2) is 0 Å². The van der Waals surface area contributed by atoms with Gasteiger partial charge in [0.2, 0.25) is 0 Å². The monoisotopic (exact) mass is 635 g/mol. The van der Waals surface area contributed by atoms with E-state index in [0.717, 1.165) is 54.6 Å². The van der Waals surface area contributed by atoms with E-state index in [4.69, 9.17) is 10.7 Å². The van der Waals surface area contributed by atoms with Crippen molar-refractivity contribution in [3.63, 3.8) is 0 Å². The van der Waals surface area contributed by atoms with Crippen molar-refractivity contribution in [3.05, 3.63) is 126 Å². The van der Waals surface area contributed by atoms with Crippen LogP contribution in [0.2, 0.25) is 0 Å². The summed E-state index contributed by atoms with van der Waals surface area (Å²) in [7, 11) is 0. The summed E-state index contributed by atoms with van der Waals surface area (Å²) in [6, 6.07) is 8.94. The van der Waals surface area contributed by atoms with E-state index >= 15 is 0 Å².